The zero-order valence-electron chi connectivity index (χ0n) is 8.16. The number of nitro benzene ring substituents is 1. The molecule has 88 valence electrons. The van der Waals surface area contributed by atoms with Crippen LogP contribution in [0.3, 0.4) is 0 Å². The van der Waals surface area contributed by atoms with E-state index in [4.69, 9.17) is 10.8 Å². The lowest BCUT2D eigenvalue weighted by molar-refractivity contribution is -0.386. The molecule has 0 aromatic heterocycles. The first-order chi connectivity index (χ1) is 7.40. The highest BCUT2D eigenvalue weighted by molar-refractivity contribution is 7.91. The van der Waals surface area contributed by atoms with Gasteiger partial charge in [0.2, 0.25) is 0 Å². The number of benzene rings is 1. The summed E-state index contributed by atoms with van der Waals surface area (Å²) in [7, 11) is -3.88. The monoisotopic (exact) mass is 246 g/mol. The summed E-state index contributed by atoms with van der Waals surface area (Å²) in [5, 5.41) is 19.3. The minimum Gasteiger partial charge on any atom is -0.395 e. The quantitative estimate of drug-likeness (QED) is 0.436. The van der Waals surface area contributed by atoms with Crippen molar-refractivity contribution in [3.8, 4) is 0 Å². The van der Waals surface area contributed by atoms with Crippen LogP contribution in [0.5, 0.6) is 0 Å². The summed E-state index contributed by atoms with van der Waals surface area (Å²) >= 11 is 0. The number of aliphatic hydroxyl groups is 1. The highest BCUT2D eigenvalue weighted by Crippen LogP contribution is 2.30. The largest absolute Gasteiger partial charge is 0.395 e. The number of anilines is 1. The van der Waals surface area contributed by atoms with Gasteiger partial charge in [-0.15, -0.1) is 0 Å². The molecule has 0 amide bonds. The van der Waals surface area contributed by atoms with Gasteiger partial charge in [-0.2, -0.15) is 0 Å². The Bertz CT molecular complexity index is 511. The van der Waals surface area contributed by atoms with Crippen molar-refractivity contribution < 1.29 is 18.4 Å². The van der Waals surface area contributed by atoms with Crippen LogP contribution in [0.15, 0.2) is 23.1 Å². The van der Waals surface area contributed by atoms with Crippen molar-refractivity contribution in [3.63, 3.8) is 0 Å². The molecule has 0 saturated carbocycles. The SMILES string of the molecule is Nc1cccc(S(=O)(=O)CCO)c1[N+](=O)[O-]. The predicted molar refractivity (Wildman–Crippen MR) is 56.6 cm³/mol. The fourth-order valence-corrected chi connectivity index (χ4v) is 2.45. The van der Waals surface area contributed by atoms with Crippen LogP contribution >= 0.6 is 0 Å². The number of para-hydroxylation sites is 1. The smallest absolute Gasteiger partial charge is 0.310 e. The number of nitro groups is 1. The van der Waals surface area contributed by atoms with Crippen LogP contribution < -0.4 is 5.73 Å². The van der Waals surface area contributed by atoms with Crippen molar-refractivity contribution in [3.05, 3.63) is 28.3 Å². The highest BCUT2D eigenvalue weighted by Gasteiger charge is 2.27. The van der Waals surface area contributed by atoms with E-state index in [1.54, 1.807) is 0 Å². The number of nitrogens with two attached hydrogens (primary N) is 1. The number of sulfone groups is 1. The molecular formula is C8H10N2O5S. The molecule has 1 aromatic rings. The van der Waals surface area contributed by atoms with Gasteiger partial charge in [0.15, 0.2) is 9.84 Å². The lowest BCUT2D eigenvalue weighted by Gasteiger charge is -2.05. The molecule has 7 nitrogen and oxygen atoms in total. The van der Waals surface area contributed by atoms with E-state index in [1.165, 1.54) is 12.1 Å². The Labute approximate surface area is 91.6 Å². The van der Waals surface area contributed by atoms with Crippen LogP contribution in [0.1, 0.15) is 0 Å². The van der Waals surface area contributed by atoms with Crippen molar-refractivity contribution in [2.45, 2.75) is 4.90 Å². The molecule has 0 radical (unpaired) electrons. The van der Waals surface area contributed by atoms with Crippen LogP contribution in [0.4, 0.5) is 11.4 Å². The molecule has 16 heavy (non-hydrogen) atoms. The normalized spacial score (nSPS) is 11.3. The third-order valence-corrected chi connectivity index (χ3v) is 3.63. The molecule has 0 saturated heterocycles. The van der Waals surface area contributed by atoms with Gasteiger partial charge in [-0.05, 0) is 12.1 Å². The summed E-state index contributed by atoms with van der Waals surface area (Å²) < 4.78 is 23.2. The zero-order chi connectivity index (χ0) is 12.3. The molecule has 0 spiro atoms. The van der Waals surface area contributed by atoms with Crippen molar-refractivity contribution in [1.29, 1.82) is 0 Å². The maximum atomic E-state index is 11.6. The van der Waals surface area contributed by atoms with Gasteiger partial charge in [0.05, 0.1) is 17.3 Å². The standard InChI is InChI=1S/C8H10N2O5S/c9-6-2-1-3-7(8(6)10(12)13)16(14,15)5-4-11/h1-3,11H,4-5,9H2. The molecule has 0 atom stereocenters. The van der Waals surface area contributed by atoms with Crippen LogP contribution in [-0.2, 0) is 9.84 Å². The minimum absolute atomic E-state index is 0.219. The molecule has 0 aliphatic heterocycles. The van der Waals surface area contributed by atoms with Gasteiger partial charge < -0.3 is 10.8 Å². The molecule has 0 aliphatic rings. The second-order valence-electron chi connectivity index (χ2n) is 2.99. The van der Waals surface area contributed by atoms with Crippen molar-refractivity contribution in [1.82, 2.24) is 0 Å². The first-order valence-corrected chi connectivity index (χ1v) is 5.92. The van der Waals surface area contributed by atoms with Crippen molar-refractivity contribution in [2.24, 2.45) is 0 Å². The summed E-state index contributed by atoms with van der Waals surface area (Å²) in [4.78, 5) is 9.38. The summed E-state index contributed by atoms with van der Waals surface area (Å²) in [6.07, 6.45) is 0. The molecular weight excluding hydrogens is 236 g/mol. The Hall–Kier alpha value is -1.67. The summed E-state index contributed by atoms with van der Waals surface area (Å²) in [5.74, 6) is -0.572. The van der Waals surface area contributed by atoms with Gasteiger partial charge in [0.25, 0.3) is 0 Å². The van der Waals surface area contributed by atoms with Gasteiger partial charge in [0, 0.05) is 0 Å². The molecule has 8 heteroatoms. The van der Waals surface area contributed by atoms with E-state index < -0.39 is 37.7 Å². The Kier molecular flexibility index (Phi) is 3.45. The topological polar surface area (TPSA) is 124 Å². The van der Waals surface area contributed by atoms with Crippen molar-refractivity contribution >= 4 is 21.2 Å². The fourth-order valence-electron chi connectivity index (χ4n) is 1.22. The number of nitrogen functional groups attached to an aromatic ring is 1. The van der Waals surface area contributed by atoms with E-state index in [-0.39, 0.29) is 5.69 Å². The molecule has 0 bridgehead atoms. The van der Waals surface area contributed by atoms with Gasteiger partial charge in [-0.1, -0.05) is 6.07 Å². The number of hydrogen-bond acceptors (Lipinski definition) is 6. The molecule has 3 N–H and O–H groups in total. The Morgan fingerprint density at radius 3 is 2.56 bits per heavy atom. The molecule has 0 heterocycles. The second-order valence-corrected chi connectivity index (χ2v) is 5.07. The fraction of sp³-hybridized carbons (Fsp3) is 0.250. The van der Waals surface area contributed by atoms with Crippen LogP contribution in [0, 0.1) is 10.1 Å². The highest BCUT2D eigenvalue weighted by atomic mass is 32.2. The first kappa shape index (κ1) is 12.4. The lowest BCUT2D eigenvalue weighted by atomic mass is 10.3. The summed E-state index contributed by atoms with van der Waals surface area (Å²) in [6.45, 7) is -0.603. The average Bonchev–Trinajstić information content (AvgIpc) is 2.16. The number of hydrogen-bond donors (Lipinski definition) is 2. The zero-order valence-corrected chi connectivity index (χ0v) is 8.98. The van der Waals surface area contributed by atoms with E-state index >= 15 is 0 Å². The number of nitrogens with zero attached hydrogens (tertiary/aromatic N) is 1. The molecule has 0 fully saturated rings. The average molecular weight is 246 g/mol. The van der Waals surface area contributed by atoms with E-state index in [9.17, 15) is 18.5 Å². The number of aliphatic hydroxyl groups excluding tert-OH is 1. The Morgan fingerprint density at radius 2 is 2.06 bits per heavy atom. The van der Waals surface area contributed by atoms with Gasteiger partial charge in [0.1, 0.15) is 10.6 Å². The van der Waals surface area contributed by atoms with E-state index in [1.807, 2.05) is 0 Å². The third-order valence-electron chi connectivity index (χ3n) is 1.91. The van der Waals surface area contributed by atoms with Gasteiger partial charge >= 0.3 is 5.69 Å². The van der Waals surface area contributed by atoms with Crippen LogP contribution in [-0.4, -0.2) is 30.8 Å². The van der Waals surface area contributed by atoms with Crippen molar-refractivity contribution in [2.75, 3.05) is 18.1 Å². The Balaban J connectivity index is 3.46. The summed E-state index contributed by atoms with van der Waals surface area (Å²) in [6, 6.07) is 3.65. The van der Waals surface area contributed by atoms with E-state index in [2.05, 4.69) is 0 Å². The third kappa shape index (κ3) is 2.28. The van der Waals surface area contributed by atoms with E-state index in [0.29, 0.717) is 0 Å². The second kappa shape index (κ2) is 4.45. The molecule has 1 rings (SSSR count). The molecule has 1 aromatic carbocycles. The number of rotatable bonds is 4. The van der Waals surface area contributed by atoms with E-state index in [0.717, 1.165) is 6.07 Å². The van der Waals surface area contributed by atoms with Crippen LogP contribution in [0.25, 0.3) is 0 Å². The lowest BCUT2D eigenvalue weighted by Crippen LogP contribution is -2.13. The maximum absolute atomic E-state index is 11.6. The summed E-state index contributed by atoms with van der Waals surface area (Å²) in [5.41, 5.74) is 4.49. The molecule has 0 unspecified atom stereocenters. The molecule has 0 aliphatic carbocycles. The predicted octanol–water partition coefficient (Wildman–Crippen LogP) is -0.0570. The van der Waals surface area contributed by atoms with Crippen LogP contribution in [0.2, 0.25) is 0 Å². The maximum Gasteiger partial charge on any atom is 0.310 e. The van der Waals surface area contributed by atoms with Gasteiger partial charge in [-0.3, -0.25) is 10.1 Å². The Morgan fingerprint density at radius 1 is 1.44 bits per heavy atom. The first-order valence-electron chi connectivity index (χ1n) is 4.26. The van der Waals surface area contributed by atoms with Gasteiger partial charge in [-0.25, -0.2) is 8.42 Å². The minimum atomic E-state index is -3.88.